The van der Waals surface area contributed by atoms with Crippen molar-refractivity contribution in [3.05, 3.63) is 30.3 Å². The normalized spacial score (nSPS) is 11.2. The van der Waals surface area contributed by atoms with E-state index in [9.17, 15) is 9.59 Å². The molecule has 0 aliphatic heterocycles. The van der Waals surface area contributed by atoms with Crippen LogP contribution in [0, 0.1) is 5.41 Å². The Morgan fingerprint density at radius 3 is 2.16 bits per heavy atom. The molecule has 3 nitrogen and oxygen atoms in total. The van der Waals surface area contributed by atoms with Crippen molar-refractivity contribution in [2.45, 2.75) is 40.5 Å². The highest BCUT2D eigenvalue weighted by molar-refractivity contribution is 6.05. The first-order chi connectivity index (χ1) is 8.83. The standard InChI is InChI=1S/C16H23NO2/c1-5-17(13-9-7-6-8-10-13)15(19)11-14(18)12-16(2,3)4/h6-10H,5,11-12H2,1-4H3. The van der Waals surface area contributed by atoms with Crippen LogP contribution < -0.4 is 4.90 Å². The summed E-state index contributed by atoms with van der Waals surface area (Å²) >= 11 is 0. The fourth-order valence-corrected chi connectivity index (χ4v) is 2.03. The lowest BCUT2D eigenvalue weighted by Gasteiger charge is -2.22. The van der Waals surface area contributed by atoms with Gasteiger partial charge in [-0.05, 0) is 24.5 Å². The van der Waals surface area contributed by atoms with Crippen LogP contribution in [0.1, 0.15) is 40.5 Å². The molecule has 1 aromatic carbocycles. The average Bonchev–Trinajstić information content (AvgIpc) is 2.28. The second-order valence-electron chi connectivity index (χ2n) is 5.93. The molecule has 0 saturated heterocycles. The largest absolute Gasteiger partial charge is 0.312 e. The number of benzene rings is 1. The Morgan fingerprint density at radius 2 is 1.68 bits per heavy atom. The van der Waals surface area contributed by atoms with Gasteiger partial charge in [0.05, 0.1) is 6.42 Å². The Kier molecular flexibility index (Phi) is 5.28. The highest BCUT2D eigenvalue weighted by Crippen LogP contribution is 2.21. The van der Waals surface area contributed by atoms with Gasteiger partial charge in [0.25, 0.3) is 0 Å². The van der Waals surface area contributed by atoms with Crippen LogP contribution in [0.5, 0.6) is 0 Å². The molecule has 0 fully saturated rings. The fourth-order valence-electron chi connectivity index (χ4n) is 2.03. The Balaban J connectivity index is 2.68. The van der Waals surface area contributed by atoms with Crippen LogP contribution in [-0.2, 0) is 9.59 Å². The van der Waals surface area contributed by atoms with Crippen LogP contribution in [0.4, 0.5) is 5.69 Å². The third-order valence-electron chi connectivity index (χ3n) is 2.76. The number of ketones is 1. The lowest BCUT2D eigenvalue weighted by Crippen LogP contribution is -2.32. The highest BCUT2D eigenvalue weighted by atomic mass is 16.2. The lowest BCUT2D eigenvalue weighted by atomic mass is 9.89. The van der Waals surface area contributed by atoms with Crippen LogP contribution in [0.2, 0.25) is 0 Å². The van der Waals surface area contributed by atoms with Gasteiger partial charge in [0.15, 0.2) is 0 Å². The topological polar surface area (TPSA) is 37.4 Å². The van der Waals surface area contributed by atoms with Crippen LogP contribution >= 0.6 is 0 Å². The Hall–Kier alpha value is -1.64. The minimum absolute atomic E-state index is 0.00637. The molecule has 0 aromatic heterocycles. The van der Waals surface area contributed by atoms with Crippen molar-refractivity contribution in [3.8, 4) is 0 Å². The zero-order valence-corrected chi connectivity index (χ0v) is 12.3. The van der Waals surface area contributed by atoms with Crippen molar-refractivity contribution in [3.63, 3.8) is 0 Å². The van der Waals surface area contributed by atoms with E-state index < -0.39 is 0 Å². The van der Waals surface area contributed by atoms with E-state index in [0.717, 1.165) is 5.69 Å². The van der Waals surface area contributed by atoms with Crippen LogP contribution in [0.25, 0.3) is 0 Å². The summed E-state index contributed by atoms with van der Waals surface area (Å²) in [6.07, 6.45) is 0.422. The van der Waals surface area contributed by atoms with E-state index in [0.29, 0.717) is 13.0 Å². The molecule has 0 unspecified atom stereocenters. The Morgan fingerprint density at radius 1 is 1.11 bits per heavy atom. The molecule has 1 amide bonds. The minimum Gasteiger partial charge on any atom is -0.312 e. The number of amides is 1. The van der Waals surface area contributed by atoms with Gasteiger partial charge < -0.3 is 4.90 Å². The fraction of sp³-hybridized carbons (Fsp3) is 0.500. The van der Waals surface area contributed by atoms with Gasteiger partial charge in [0.2, 0.25) is 5.91 Å². The average molecular weight is 261 g/mol. The maximum absolute atomic E-state index is 12.2. The zero-order chi connectivity index (χ0) is 14.5. The SMILES string of the molecule is CCN(C(=O)CC(=O)CC(C)(C)C)c1ccccc1. The number of rotatable bonds is 5. The van der Waals surface area contributed by atoms with Gasteiger partial charge >= 0.3 is 0 Å². The van der Waals surface area contributed by atoms with Crippen LogP contribution in [0.15, 0.2) is 30.3 Å². The van der Waals surface area contributed by atoms with Crippen molar-refractivity contribution >= 4 is 17.4 Å². The monoisotopic (exact) mass is 261 g/mol. The van der Waals surface area contributed by atoms with Crippen molar-refractivity contribution in [1.82, 2.24) is 0 Å². The second-order valence-corrected chi connectivity index (χ2v) is 5.93. The molecule has 0 radical (unpaired) electrons. The summed E-state index contributed by atoms with van der Waals surface area (Å²) in [5, 5.41) is 0. The van der Waals surface area contributed by atoms with E-state index >= 15 is 0 Å². The third kappa shape index (κ3) is 5.25. The molecule has 0 bridgehead atoms. The number of hydrogen-bond acceptors (Lipinski definition) is 2. The summed E-state index contributed by atoms with van der Waals surface area (Å²) in [6.45, 7) is 8.50. The summed E-state index contributed by atoms with van der Waals surface area (Å²) in [4.78, 5) is 25.7. The van der Waals surface area contributed by atoms with Crippen molar-refractivity contribution in [2.75, 3.05) is 11.4 Å². The summed E-state index contributed by atoms with van der Waals surface area (Å²) in [7, 11) is 0. The molecule has 0 aliphatic rings. The predicted molar refractivity (Wildman–Crippen MR) is 78.2 cm³/mol. The van der Waals surface area contributed by atoms with E-state index in [4.69, 9.17) is 0 Å². The predicted octanol–water partition coefficient (Wildman–Crippen LogP) is 3.43. The first-order valence-electron chi connectivity index (χ1n) is 6.70. The van der Waals surface area contributed by atoms with Gasteiger partial charge in [-0.3, -0.25) is 9.59 Å². The maximum atomic E-state index is 12.2. The highest BCUT2D eigenvalue weighted by Gasteiger charge is 2.21. The number of carbonyl (C=O) groups is 2. The van der Waals surface area contributed by atoms with Gasteiger partial charge in [-0.25, -0.2) is 0 Å². The van der Waals surface area contributed by atoms with E-state index in [-0.39, 0.29) is 23.5 Å². The van der Waals surface area contributed by atoms with Crippen molar-refractivity contribution in [2.24, 2.45) is 5.41 Å². The number of Topliss-reactive ketones (excluding diaryl/α,β-unsaturated/α-hetero) is 1. The molecular formula is C16H23NO2. The first kappa shape index (κ1) is 15.4. The molecule has 0 heterocycles. The number of para-hydroxylation sites is 1. The first-order valence-corrected chi connectivity index (χ1v) is 6.70. The molecule has 0 aliphatic carbocycles. The molecule has 0 N–H and O–H groups in total. The molecular weight excluding hydrogens is 238 g/mol. The summed E-state index contributed by atoms with van der Waals surface area (Å²) in [5.41, 5.74) is 0.778. The van der Waals surface area contributed by atoms with E-state index in [2.05, 4.69) is 0 Å². The van der Waals surface area contributed by atoms with Gasteiger partial charge in [-0.1, -0.05) is 39.0 Å². The van der Waals surface area contributed by atoms with Gasteiger partial charge in [-0.2, -0.15) is 0 Å². The van der Waals surface area contributed by atoms with Gasteiger partial charge in [-0.15, -0.1) is 0 Å². The van der Waals surface area contributed by atoms with Crippen molar-refractivity contribution < 1.29 is 9.59 Å². The van der Waals surface area contributed by atoms with E-state index in [1.807, 2.05) is 58.0 Å². The minimum atomic E-state index is -0.122. The molecule has 0 spiro atoms. The van der Waals surface area contributed by atoms with Gasteiger partial charge in [0, 0.05) is 18.7 Å². The summed E-state index contributed by atoms with van der Waals surface area (Å²) in [5.74, 6) is -0.116. The Labute approximate surface area is 115 Å². The molecule has 0 saturated carbocycles. The molecule has 104 valence electrons. The quantitative estimate of drug-likeness (QED) is 0.761. The van der Waals surface area contributed by atoms with E-state index in [1.54, 1.807) is 4.90 Å². The molecule has 19 heavy (non-hydrogen) atoms. The molecule has 1 aromatic rings. The maximum Gasteiger partial charge on any atom is 0.234 e. The number of anilines is 1. The molecule has 3 heteroatoms. The second kappa shape index (κ2) is 6.50. The van der Waals surface area contributed by atoms with Gasteiger partial charge in [0.1, 0.15) is 5.78 Å². The third-order valence-corrected chi connectivity index (χ3v) is 2.76. The lowest BCUT2D eigenvalue weighted by molar-refractivity contribution is -0.127. The number of carbonyl (C=O) groups excluding carboxylic acids is 2. The van der Waals surface area contributed by atoms with Crippen LogP contribution in [-0.4, -0.2) is 18.2 Å². The van der Waals surface area contributed by atoms with Crippen molar-refractivity contribution in [1.29, 1.82) is 0 Å². The van der Waals surface area contributed by atoms with E-state index in [1.165, 1.54) is 0 Å². The summed E-state index contributed by atoms with van der Waals surface area (Å²) in [6, 6.07) is 9.46. The molecule has 0 atom stereocenters. The molecule has 1 rings (SSSR count). The number of nitrogens with zero attached hydrogens (tertiary/aromatic N) is 1. The summed E-state index contributed by atoms with van der Waals surface area (Å²) < 4.78 is 0. The van der Waals surface area contributed by atoms with Crippen LogP contribution in [0.3, 0.4) is 0 Å². The Bertz CT molecular complexity index is 432. The zero-order valence-electron chi connectivity index (χ0n) is 12.3. The smallest absolute Gasteiger partial charge is 0.234 e. The number of hydrogen-bond donors (Lipinski definition) is 0.